The third kappa shape index (κ3) is 5.84. The molecule has 5 heteroatoms. The molecule has 3 rings (SSSR count). The first-order valence-corrected chi connectivity index (χ1v) is 9.13. The standard InChI is InChI=1S/C23H23FN2O2/c1-28-22-4-2-3-17(15-22)13-14-25-20-9-11-21(12-10-20)26-23(27)16-18-5-7-19(24)8-6-18/h2-12,15,25H,13-14,16H2,1H3,(H,26,27). The predicted molar refractivity (Wildman–Crippen MR) is 110 cm³/mol. The highest BCUT2D eigenvalue weighted by molar-refractivity contribution is 5.92. The Kier molecular flexibility index (Phi) is 6.63. The molecule has 4 nitrogen and oxygen atoms in total. The summed E-state index contributed by atoms with van der Waals surface area (Å²) in [7, 11) is 1.66. The number of nitrogens with one attached hydrogen (secondary N) is 2. The van der Waals surface area contributed by atoms with Crippen LogP contribution in [0.2, 0.25) is 0 Å². The van der Waals surface area contributed by atoms with Crippen molar-refractivity contribution in [2.75, 3.05) is 24.3 Å². The van der Waals surface area contributed by atoms with E-state index in [1.165, 1.54) is 17.7 Å². The molecule has 0 bridgehead atoms. The SMILES string of the molecule is COc1cccc(CCNc2ccc(NC(=O)Cc3ccc(F)cc3)cc2)c1. The van der Waals surface area contributed by atoms with Crippen molar-refractivity contribution < 1.29 is 13.9 Å². The lowest BCUT2D eigenvalue weighted by molar-refractivity contribution is -0.115. The largest absolute Gasteiger partial charge is 0.497 e. The van der Waals surface area contributed by atoms with Gasteiger partial charge in [-0.05, 0) is 66.1 Å². The first-order valence-electron chi connectivity index (χ1n) is 9.13. The van der Waals surface area contributed by atoms with E-state index in [0.29, 0.717) is 0 Å². The summed E-state index contributed by atoms with van der Waals surface area (Å²) in [6, 6.07) is 21.5. The lowest BCUT2D eigenvalue weighted by Crippen LogP contribution is -2.14. The van der Waals surface area contributed by atoms with E-state index >= 15 is 0 Å². The van der Waals surface area contributed by atoms with Gasteiger partial charge in [0, 0.05) is 17.9 Å². The smallest absolute Gasteiger partial charge is 0.228 e. The molecule has 2 N–H and O–H groups in total. The highest BCUT2D eigenvalue weighted by Crippen LogP contribution is 2.16. The van der Waals surface area contributed by atoms with Gasteiger partial charge in [-0.3, -0.25) is 4.79 Å². The van der Waals surface area contributed by atoms with Crippen molar-refractivity contribution in [2.24, 2.45) is 0 Å². The van der Waals surface area contributed by atoms with Gasteiger partial charge in [-0.25, -0.2) is 4.39 Å². The fourth-order valence-electron chi connectivity index (χ4n) is 2.84. The van der Waals surface area contributed by atoms with Crippen LogP contribution in [0.3, 0.4) is 0 Å². The molecular formula is C23H23FN2O2. The van der Waals surface area contributed by atoms with Crippen molar-refractivity contribution >= 4 is 17.3 Å². The molecule has 1 amide bonds. The van der Waals surface area contributed by atoms with Crippen molar-refractivity contribution in [3.8, 4) is 5.75 Å². The zero-order chi connectivity index (χ0) is 19.8. The number of hydrogen-bond acceptors (Lipinski definition) is 3. The van der Waals surface area contributed by atoms with E-state index in [4.69, 9.17) is 4.74 Å². The number of hydrogen-bond donors (Lipinski definition) is 2. The van der Waals surface area contributed by atoms with Crippen LogP contribution in [0.15, 0.2) is 72.8 Å². The molecule has 144 valence electrons. The average Bonchev–Trinajstić information content (AvgIpc) is 2.71. The van der Waals surface area contributed by atoms with Gasteiger partial charge in [0.2, 0.25) is 5.91 Å². The second kappa shape index (κ2) is 9.55. The Bertz CT molecular complexity index is 909. The summed E-state index contributed by atoms with van der Waals surface area (Å²) >= 11 is 0. The van der Waals surface area contributed by atoms with E-state index in [2.05, 4.69) is 16.7 Å². The summed E-state index contributed by atoms with van der Waals surface area (Å²) in [6.45, 7) is 0.795. The van der Waals surface area contributed by atoms with Crippen molar-refractivity contribution in [3.63, 3.8) is 0 Å². The second-order valence-electron chi connectivity index (χ2n) is 6.46. The van der Waals surface area contributed by atoms with Crippen molar-refractivity contribution in [3.05, 3.63) is 89.7 Å². The van der Waals surface area contributed by atoms with Crippen molar-refractivity contribution in [1.29, 1.82) is 0 Å². The molecule has 0 saturated heterocycles. The zero-order valence-corrected chi connectivity index (χ0v) is 15.7. The van der Waals surface area contributed by atoms with Gasteiger partial charge < -0.3 is 15.4 Å². The highest BCUT2D eigenvalue weighted by atomic mass is 19.1. The molecule has 0 fully saturated rings. The molecule has 3 aromatic carbocycles. The number of ether oxygens (including phenoxy) is 1. The highest BCUT2D eigenvalue weighted by Gasteiger charge is 2.05. The quantitative estimate of drug-likeness (QED) is 0.599. The Morgan fingerprint density at radius 1 is 0.929 bits per heavy atom. The third-order valence-corrected chi connectivity index (χ3v) is 4.32. The summed E-state index contributed by atoms with van der Waals surface area (Å²) in [5.41, 5.74) is 3.69. The molecule has 0 saturated carbocycles. The molecule has 0 spiro atoms. The summed E-state index contributed by atoms with van der Waals surface area (Å²) in [5, 5.41) is 6.22. The Hall–Kier alpha value is -3.34. The van der Waals surface area contributed by atoms with E-state index in [0.717, 1.165) is 35.7 Å². The maximum absolute atomic E-state index is 12.9. The minimum atomic E-state index is -0.307. The summed E-state index contributed by atoms with van der Waals surface area (Å²) in [6.07, 6.45) is 1.09. The number of benzene rings is 3. The lowest BCUT2D eigenvalue weighted by Gasteiger charge is -2.09. The van der Waals surface area contributed by atoms with Crippen LogP contribution in [0.1, 0.15) is 11.1 Å². The fourth-order valence-corrected chi connectivity index (χ4v) is 2.84. The van der Waals surface area contributed by atoms with Crippen LogP contribution in [0.25, 0.3) is 0 Å². The van der Waals surface area contributed by atoms with Gasteiger partial charge >= 0.3 is 0 Å². The van der Waals surface area contributed by atoms with Crippen molar-refractivity contribution in [2.45, 2.75) is 12.8 Å². The normalized spacial score (nSPS) is 10.4. The van der Waals surface area contributed by atoms with Crippen molar-refractivity contribution in [1.82, 2.24) is 0 Å². The number of methoxy groups -OCH3 is 1. The molecule has 0 atom stereocenters. The third-order valence-electron chi connectivity index (χ3n) is 4.32. The van der Waals surface area contributed by atoms with Crippen LogP contribution >= 0.6 is 0 Å². The molecule has 0 radical (unpaired) electrons. The van der Waals surface area contributed by atoms with Gasteiger partial charge in [-0.1, -0.05) is 24.3 Å². The van der Waals surface area contributed by atoms with Gasteiger partial charge in [-0.2, -0.15) is 0 Å². The molecule has 0 aromatic heterocycles. The summed E-state index contributed by atoms with van der Waals surface area (Å²) < 4.78 is 18.2. The average molecular weight is 378 g/mol. The molecule has 28 heavy (non-hydrogen) atoms. The Balaban J connectivity index is 1.46. The molecule has 0 aliphatic carbocycles. The van der Waals surface area contributed by atoms with Crippen LogP contribution in [0, 0.1) is 5.82 Å². The Labute approximate surface area is 164 Å². The van der Waals surface area contributed by atoms with Crippen LogP contribution in [0.5, 0.6) is 5.75 Å². The van der Waals surface area contributed by atoms with Gasteiger partial charge in [0.15, 0.2) is 0 Å². The number of carbonyl (C=O) groups is 1. The first-order chi connectivity index (χ1) is 13.6. The first kappa shape index (κ1) is 19.4. The summed E-state index contributed by atoms with van der Waals surface area (Å²) in [4.78, 5) is 12.1. The topological polar surface area (TPSA) is 50.4 Å². The van der Waals surface area contributed by atoms with Gasteiger partial charge in [-0.15, -0.1) is 0 Å². The molecule has 3 aromatic rings. The fraction of sp³-hybridized carbons (Fsp3) is 0.174. The van der Waals surface area contributed by atoms with Crippen LogP contribution in [-0.4, -0.2) is 19.6 Å². The number of carbonyl (C=O) groups excluding carboxylic acids is 1. The minimum absolute atomic E-state index is 0.134. The number of anilines is 2. The Morgan fingerprint density at radius 2 is 1.64 bits per heavy atom. The van der Waals surface area contributed by atoms with Crippen LogP contribution in [-0.2, 0) is 17.6 Å². The maximum atomic E-state index is 12.9. The van der Waals surface area contributed by atoms with E-state index < -0.39 is 0 Å². The maximum Gasteiger partial charge on any atom is 0.228 e. The molecule has 0 unspecified atom stereocenters. The number of halogens is 1. The van der Waals surface area contributed by atoms with Gasteiger partial charge in [0.05, 0.1) is 13.5 Å². The number of amides is 1. The Morgan fingerprint density at radius 3 is 2.36 bits per heavy atom. The second-order valence-corrected chi connectivity index (χ2v) is 6.46. The van der Waals surface area contributed by atoms with E-state index in [9.17, 15) is 9.18 Å². The minimum Gasteiger partial charge on any atom is -0.497 e. The molecule has 0 aliphatic heterocycles. The molecular weight excluding hydrogens is 355 g/mol. The lowest BCUT2D eigenvalue weighted by atomic mass is 10.1. The van der Waals surface area contributed by atoms with E-state index in [-0.39, 0.29) is 18.1 Å². The van der Waals surface area contributed by atoms with E-state index in [1.54, 1.807) is 19.2 Å². The zero-order valence-electron chi connectivity index (χ0n) is 15.7. The van der Waals surface area contributed by atoms with Crippen LogP contribution in [0.4, 0.5) is 15.8 Å². The molecule has 0 aliphatic rings. The summed E-state index contributed by atoms with van der Waals surface area (Å²) in [5.74, 6) is 0.419. The monoisotopic (exact) mass is 378 g/mol. The van der Waals surface area contributed by atoms with Gasteiger partial charge in [0.25, 0.3) is 0 Å². The molecule has 0 heterocycles. The predicted octanol–water partition coefficient (Wildman–Crippen LogP) is 4.67. The van der Waals surface area contributed by atoms with E-state index in [1.807, 2.05) is 42.5 Å². The van der Waals surface area contributed by atoms with Crippen LogP contribution < -0.4 is 15.4 Å². The number of rotatable bonds is 8. The van der Waals surface area contributed by atoms with Gasteiger partial charge in [0.1, 0.15) is 11.6 Å².